The van der Waals surface area contributed by atoms with Crippen LogP contribution in [0.5, 0.6) is 0 Å². The van der Waals surface area contributed by atoms with E-state index in [1.165, 1.54) is 6.07 Å². The summed E-state index contributed by atoms with van der Waals surface area (Å²) in [6.45, 7) is 0. The molecule has 0 bridgehead atoms. The van der Waals surface area contributed by atoms with Crippen molar-refractivity contribution in [1.82, 2.24) is 0 Å². The van der Waals surface area contributed by atoms with Crippen LogP contribution < -0.4 is 0 Å². The van der Waals surface area contributed by atoms with Crippen LogP contribution in [0.15, 0.2) is 12.1 Å². The maximum absolute atomic E-state index is 13.6. The third kappa shape index (κ3) is 1.91. The van der Waals surface area contributed by atoms with Crippen LogP contribution in [0.2, 0.25) is 0 Å². The third-order valence-corrected chi connectivity index (χ3v) is 3.60. The molecule has 0 spiro atoms. The number of hydrogen-bond acceptors (Lipinski definition) is 1. The second-order valence-corrected chi connectivity index (χ2v) is 4.87. The van der Waals surface area contributed by atoms with Crippen molar-refractivity contribution in [2.45, 2.75) is 19.3 Å². The van der Waals surface area contributed by atoms with Crippen LogP contribution >= 0.6 is 22.6 Å². The summed E-state index contributed by atoms with van der Waals surface area (Å²) in [6.07, 6.45) is 2.48. The summed E-state index contributed by atoms with van der Waals surface area (Å²) in [7, 11) is 0. The van der Waals surface area contributed by atoms with Crippen LogP contribution in [0, 0.1) is 21.1 Å². The highest BCUT2D eigenvalue weighted by molar-refractivity contribution is 14.1. The molecule has 1 aliphatic rings. The first-order valence-electron chi connectivity index (χ1n) is 4.79. The summed E-state index contributed by atoms with van der Waals surface area (Å²) in [5.41, 5.74) is -0.355. The minimum absolute atomic E-state index is 0.174. The van der Waals surface area contributed by atoms with Crippen molar-refractivity contribution in [1.29, 1.82) is 0 Å². The molecule has 1 fully saturated rings. The number of halogens is 3. The predicted octanol–water partition coefficient (Wildman–Crippen LogP) is 3.55. The fraction of sp³-hybridized carbons (Fsp3) is 0.364. The third-order valence-electron chi connectivity index (χ3n) is 2.77. The molecule has 1 aliphatic carbocycles. The minimum Gasteiger partial charge on any atom is -0.294 e. The number of hydrogen-bond donors (Lipinski definition) is 0. The molecular formula is C11H9F2IO. The average Bonchev–Trinajstić information content (AvgIpc) is 2.09. The Morgan fingerprint density at radius 2 is 2.00 bits per heavy atom. The fourth-order valence-corrected chi connectivity index (χ4v) is 2.08. The monoisotopic (exact) mass is 322 g/mol. The van der Waals surface area contributed by atoms with Gasteiger partial charge in [0.05, 0.1) is 5.56 Å². The van der Waals surface area contributed by atoms with E-state index in [1.54, 1.807) is 22.6 Å². The first-order valence-corrected chi connectivity index (χ1v) is 5.87. The van der Waals surface area contributed by atoms with Crippen molar-refractivity contribution in [2.24, 2.45) is 5.92 Å². The molecule has 0 atom stereocenters. The van der Waals surface area contributed by atoms with E-state index in [4.69, 9.17) is 0 Å². The Hall–Kier alpha value is -0.520. The summed E-state index contributed by atoms with van der Waals surface area (Å²) >= 11 is 1.76. The Kier molecular flexibility index (Phi) is 3.04. The highest BCUT2D eigenvalue weighted by Gasteiger charge is 2.30. The first kappa shape index (κ1) is 11.0. The molecule has 0 aliphatic heterocycles. The Labute approximate surface area is 100 Å². The molecule has 4 heteroatoms. The zero-order valence-electron chi connectivity index (χ0n) is 7.90. The van der Waals surface area contributed by atoms with Crippen molar-refractivity contribution in [3.63, 3.8) is 0 Å². The Morgan fingerprint density at radius 3 is 2.53 bits per heavy atom. The smallest absolute Gasteiger partial charge is 0.171 e. The standard InChI is InChI=1S/C11H9F2IO/c12-7-4-5-8(14)10(13)9(7)11(15)6-2-1-3-6/h4-6H,1-3H2. The quantitative estimate of drug-likeness (QED) is 0.462. The van der Waals surface area contributed by atoms with E-state index >= 15 is 0 Å². The van der Waals surface area contributed by atoms with Gasteiger partial charge in [-0.1, -0.05) is 6.42 Å². The molecule has 2 rings (SSSR count). The van der Waals surface area contributed by atoms with Gasteiger partial charge in [-0.25, -0.2) is 8.78 Å². The maximum Gasteiger partial charge on any atom is 0.171 e. The molecule has 1 aromatic rings. The van der Waals surface area contributed by atoms with Gasteiger partial charge in [-0.15, -0.1) is 0 Å². The molecule has 0 N–H and O–H groups in total. The summed E-state index contributed by atoms with van der Waals surface area (Å²) in [4.78, 5) is 11.7. The number of benzene rings is 1. The first-order chi connectivity index (χ1) is 7.11. The van der Waals surface area contributed by atoms with Crippen LogP contribution in [0.25, 0.3) is 0 Å². The molecule has 1 aromatic carbocycles. The number of ketones is 1. The molecule has 0 unspecified atom stereocenters. The average molecular weight is 322 g/mol. The van der Waals surface area contributed by atoms with Gasteiger partial charge in [0.15, 0.2) is 5.78 Å². The van der Waals surface area contributed by atoms with Crippen molar-refractivity contribution in [3.8, 4) is 0 Å². The van der Waals surface area contributed by atoms with Crippen LogP contribution in [-0.2, 0) is 0 Å². The minimum atomic E-state index is -0.746. The van der Waals surface area contributed by atoms with Crippen LogP contribution in [0.3, 0.4) is 0 Å². The summed E-state index contributed by atoms with van der Waals surface area (Å²) < 4.78 is 27.2. The molecule has 0 heterocycles. The predicted molar refractivity (Wildman–Crippen MR) is 60.7 cm³/mol. The summed E-state index contributed by atoms with van der Waals surface area (Å²) in [5, 5.41) is 0. The molecule has 1 saturated carbocycles. The van der Waals surface area contributed by atoms with Crippen molar-refractivity contribution in [2.75, 3.05) is 0 Å². The van der Waals surface area contributed by atoms with Crippen molar-refractivity contribution >= 4 is 28.4 Å². The molecule has 1 nitrogen and oxygen atoms in total. The van der Waals surface area contributed by atoms with E-state index in [0.717, 1.165) is 25.3 Å². The highest BCUT2D eigenvalue weighted by atomic mass is 127. The van der Waals surface area contributed by atoms with Gasteiger partial charge in [0.1, 0.15) is 11.6 Å². The zero-order chi connectivity index (χ0) is 11.0. The van der Waals surface area contributed by atoms with Crippen LogP contribution in [0.1, 0.15) is 29.6 Å². The lowest BCUT2D eigenvalue weighted by Gasteiger charge is -2.24. The van der Waals surface area contributed by atoms with Gasteiger partial charge in [-0.05, 0) is 47.6 Å². The van der Waals surface area contributed by atoms with Gasteiger partial charge in [0.2, 0.25) is 0 Å². The van der Waals surface area contributed by atoms with E-state index < -0.39 is 11.6 Å². The maximum atomic E-state index is 13.6. The SMILES string of the molecule is O=C(c1c(F)ccc(I)c1F)C1CCC1. The van der Waals surface area contributed by atoms with Gasteiger partial charge < -0.3 is 0 Å². The topological polar surface area (TPSA) is 17.1 Å². The number of carbonyl (C=O) groups is 1. The lowest BCUT2D eigenvalue weighted by molar-refractivity contribution is 0.0846. The van der Waals surface area contributed by atoms with Gasteiger partial charge >= 0.3 is 0 Å². The zero-order valence-corrected chi connectivity index (χ0v) is 10.1. The van der Waals surface area contributed by atoms with Gasteiger partial charge in [-0.2, -0.15) is 0 Å². The van der Waals surface area contributed by atoms with E-state index in [0.29, 0.717) is 0 Å². The largest absolute Gasteiger partial charge is 0.294 e. The lowest BCUT2D eigenvalue weighted by atomic mass is 9.80. The second kappa shape index (κ2) is 4.15. The molecular weight excluding hydrogens is 313 g/mol. The van der Waals surface area contributed by atoms with Gasteiger partial charge in [0, 0.05) is 9.49 Å². The number of Topliss-reactive ketones (excluding diaryl/α,β-unsaturated/α-hetero) is 1. The second-order valence-electron chi connectivity index (χ2n) is 3.71. The van der Waals surface area contributed by atoms with Crippen LogP contribution in [0.4, 0.5) is 8.78 Å². The van der Waals surface area contributed by atoms with E-state index in [9.17, 15) is 13.6 Å². The molecule has 0 aromatic heterocycles. The molecule has 0 radical (unpaired) electrons. The molecule has 15 heavy (non-hydrogen) atoms. The van der Waals surface area contributed by atoms with Crippen molar-refractivity contribution < 1.29 is 13.6 Å². The van der Waals surface area contributed by atoms with E-state index in [1.807, 2.05) is 0 Å². The molecule has 80 valence electrons. The van der Waals surface area contributed by atoms with Gasteiger partial charge in [0.25, 0.3) is 0 Å². The Bertz CT molecular complexity index is 413. The Balaban J connectivity index is 2.41. The lowest BCUT2D eigenvalue weighted by Crippen LogP contribution is -2.24. The molecule has 0 saturated heterocycles. The van der Waals surface area contributed by atoms with E-state index in [2.05, 4.69) is 0 Å². The highest BCUT2D eigenvalue weighted by Crippen LogP contribution is 2.32. The van der Waals surface area contributed by atoms with Crippen molar-refractivity contribution in [3.05, 3.63) is 32.9 Å². The Morgan fingerprint density at radius 1 is 1.33 bits per heavy atom. The van der Waals surface area contributed by atoms with Gasteiger partial charge in [-0.3, -0.25) is 4.79 Å². The summed E-state index contributed by atoms with van der Waals surface area (Å²) in [5.74, 6) is -2.01. The van der Waals surface area contributed by atoms with Crippen LogP contribution in [-0.4, -0.2) is 5.78 Å². The number of rotatable bonds is 2. The fourth-order valence-electron chi connectivity index (χ4n) is 1.63. The molecule has 0 amide bonds. The normalized spacial score (nSPS) is 16.2. The number of carbonyl (C=O) groups excluding carboxylic acids is 1. The van der Waals surface area contributed by atoms with E-state index in [-0.39, 0.29) is 20.8 Å². The summed E-state index contributed by atoms with van der Waals surface area (Å²) in [6, 6.07) is 2.49.